The van der Waals surface area contributed by atoms with Gasteiger partial charge in [-0.2, -0.15) is 0 Å². The van der Waals surface area contributed by atoms with Crippen molar-refractivity contribution in [1.29, 1.82) is 0 Å². The van der Waals surface area contributed by atoms with Crippen LogP contribution in [0.1, 0.15) is 34.3 Å². The molecule has 2 aromatic carbocycles. The Morgan fingerprint density at radius 2 is 1.95 bits per heavy atom. The molecule has 0 unspecified atom stereocenters. The van der Waals surface area contributed by atoms with E-state index in [1.54, 1.807) is 37.4 Å². The van der Waals surface area contributed by atoms with Crippen LogP contribution in [0.15, 0.2) is 53.6 Å². The first kappa shape index (κ1) is 22.9. The van der Waals surface area contributed by atoms with Gasteiger partial charge in [-0.05, 0) is 49.9 Å². The monoisotopic (exact) mass is 566 g/mol. The van der Waals surface area contributed by atoms with Crippen molar-refractivity contribution in [2.45, 2.75) is 30.6 Å². The minimum absolute atomic E-state index is 0.0425. The summed E-state index contributed by atoms with van der Waals surface area (Å²) in [4.78, 5) is 4.82. The lowest BCUT2D eigenvalue weighted by Gasteiger charge is -2.33. The van der Waals surface area contributed by atoms with E-state index in [0.717, 1.165) is 6.26 Å². The van der Waals surface area contributed by atoms with Crippen LogP contribution in [0.5, 0.6) is 5.75 Å². The number of sulfone groups is 1. The number of methoxy groups -OCH3 is 1. The second-order valence-corrected chi connectivity index (χ2v) is 12.1. The molecule has 0 saturated carbocycles. The summed E-state index contributed by atoms with van der Waals surface area (Å²) in [7, 11) is -0.612. The molecule has 1 fully saturated rings. The molecule has 11 heteroatoms. The molecule has 40 heavy (non-hydrogen) atoms. The first-order valence-electron chi connectivity index (χ1n) is 14.3. The third kappa shape index (κ3) is 4.33. The van der Waals surface area contributed by atoms with Gasteiger partial charge >= 0.3 is 0 Å². The number of nitrogens with zero attached hydrogens (tertiary/aromatic N) is 5. The van der Waals surface area contributed by atoms with E-state index in [2.05, 4.69) is 10.3 Å². The second-order valence-electron chi connectivity index (χ2n) is 10.1. The molecule has 0 bridgehead atoms. The molecular formula is C29H30FN5O4S. The van der Waals surface area contributed by atoms with E-state index in [9.17, 15) is 8.42 Å². The minimum Gasteiger partial charge on any atom is -0.496 e. The van der Waals surface area contributed by atoms with Crippen LogP contribution in [0.3, 0.4) is 0 Å². The Kier molecular flexibility index (Phi) is 5.72. The lowest BCUT2D eigenvalue weighted by atomic mass is 9.86. The van der Waals surface area contributed by atoms with E-state index in [1.165, 1.54) is 30.1 Å². The van der Waals surface area contributed by atoms with Crippen molar-refractivity contribution in [3.8, 4) is 17.0 Å². The Morgan fingerprint density at radius 1 is 1.18 bits per heavy atom. The number of aryl methyl sites for hydroxylation is 2. The van der Waals surface area contributed by atoms with E-state index in [0.29, 0.717) is 64.9 Å². The van der Waals surface area contributed by atoms with Crippen molar-refractivity contribution in [2.75, 3.05) is 26.6 Å². The molecular weight excluding hydrogens is 533 g/mol. The van der Waals surface area contributed by atoms with E-state index in [1.807, 2.05) is 4.57 Å². The molecule has 1 atom stereocenters. The zero-order valence-corrected chi connectivity index (χ0v) is 23.1. The quantitative estimate of drug-likeness (QED) is 0.289. The largest absolute Gasteiger partial charge is 0.496 e. The van der Waals surface area contributed by atoms with Crippen molar-refractivity contribution in [3.63, 3.8) is 0 Å². The molecule has 5 aromatic rings. The van der Waals surface area contributed by atoms with Gasteiger partial charge in [0.25, 0.3) is 0 Å². The Balaban J connectivity index is 1.77. The van der Waals surface area contributed by atoms with Crippen LogP contribution in [0, 0.1) is 18.6 Å². The number of rotatable bonds is 6. The predicted octanol–water partition coefficient (Wildman–Crippen LogP) is 4.86. The molecule has 6 rings (SSSR count). The molecule has 208 valence electrons. The van der Waals surface area contributed by atoms with E-state index >= 15 is 4.39 Å². The van der Waals surface area contributed by atoms with Crippen LogP contribution in [-0.4, -0.2) is 59.5 Å². The van der Waals surface area contributed by atoms with Crippen molar-refractivity contribution in [1.82, 2.24) is 24.5 Å². The molecule has 0 amide bonds. The van der Waals surface area contributed by atoms with Gasteiger partial charge in [0.2, 0.25) is 0 Å². The molecule has 9 nitrogen and oxygen atoms in total. The number of ether oxygens (including phenoxy) is 2. The first-order chi connectivity index (χ1) is 20.4. The summed E-state index contributed by atoms with van der Waals surface area (Å²) >= 11 is 0. The van der Waals surface area contributed by atoms with Gasteiger partial charge in [-0.15, -0.1) is 5.10 Å². The standard InChI is InChI=1S/C29H30FN5O4S/c1-17-28(34(2)33-32-17)19-13-24-27(31-16-19)26-23(14-20(40(4,36)37)15-25(26)38-3)35(24)29(18-9-11-39-12-10-18)21-7-5-6-8-22(21)30/h5-8,13-16,18,29H,9-12H2,1-4H3/t29-/m0/s1/i1D3. The summed E-state index contributed by atoms with van der Waals surface area (Å²) in [5.41, 5.74) is 2.51. The smallest absolute Gasteiger partial charge is 0.175 e. The van der Waals surface area contributed by atoms with Gasteiger partial charge in [0.15, 0.2) is 9.84 Å². The van der Waals surface area contributed by atoms with Crippen LogP contribution >= 0.6 is 0 Å². The maximum absolute atomic E-state index is 15.7. The van der Waals surface area contributed by atoms with Crippen molar-refractivity contribution >= 4 is 31.8 Å². The van der Waals surface area contributed by atoms with Gasteiger partial charge in [0.1, 0.15) is 11.6 Å². The zero-order chi connectivity index (χ0) is 30.7. The molecule has 0 aliphatic carbocycles. The molecule has 4 heterocycles. The highest BCUT2D eigenvalue weighted by atomic mass is 32.2. The maximum atomic E-state index is 15.7. The number of benzene rings is 2. The third-order valence-electron chi connectivity index (χ3n) is 7.64. The van der Waals surface area contributed by atoms with Crippen molar-refractivity contribution < 1.29 is 26.4 Å². The van der Waals surface area contributed by atoms with Gasteiger partial charge in [-0.25, -0.2) is 17.5 Å². The number of fused-ring (bicyclic) bond motifs is 3. The Hall–Kier alpha value is -3.83. The average molecular weight is 567 g/mol. The van der Waals surface area contributed by atoms with Gasteiger partial charge < -0.3 is 14.0 Å². The first-order valence-corrected chi connectivity index (χ1v) is 14.7. The van der Waals surface area contributed by atoms with E-state index in [4.69, 9.17) is 18.6 Å². The lowest BCUT2D eigenvalue weighted by Crippen LogP contribution is -2.27. The third-order valence-corrected chi connectivity index (χ3v) is 8.73. The van der Waals surface area contributed by atoms with Gasteiger partial charge in [-0.3, -0.25) is 4.98 Å². The van der Waals surface area contributed by atoms with Crippen LogP contribution in [-0.2, 0) is 21.6 Å². The highest BCUT2D eigenvalue weighted by Gasteiger charge is 2.33. The zero-order valence-electron chi connectivity index (χ0n) is 25.3. The predicted molar refractivity (Wildman–Crippen MR) is 150 cm³/mol. The number of halogens is 1. The number of aromatic nitrogens is 5. The molecule has 0 N–H and O–H groups in total. The van der Waals surface area contributed by atoms with Gasteiger partial charge in [-0.1, -0.05) is 23.4 Å². The number of hydrogen-bond donors (Lipinski definition) is 0. The molecule has 1 aliphatic rings. The second kappa shape index (κ2) is 9.97. The topological polar surface area (TPSA) is 101 Å². The van der Waals surface area contributed by atoms with Crippen LogP contribution < -0.4 is 4.74 Å². The van der Waals surface area contributed by atoms with Crippen molar-refractivity contribution in [3.05, 3.63) is 65.7 Å². The fourth-order valence-electron chi connectivity index (χ4n) is 5.80. The summed E-state index contributed by atoms with van der Waals surface area (Å²) in [6.07, 6.45) is 3.95. The highest BCUT2D eigenvalue weighted by molar-refractivity contribution is 7.90. The van der Waals surface area contributed by atoms with Crippen LogP contribution in [0.2, 0.25) is 0 Å². The average Bonchev–Trinajstić information content (AvgIpc) is 3.52. The van der Waals surface area contributed by atoms with Crippen LogP contribution in [0.25, 0.3) is 33.2 Å². The molecule has 3 aromatic heterocycles. The SMILES string of the molecule is [2H]C([2H])([2H])c1nnn(C)c1-c1cnc2c3c(OC)cc(S(C)(=O)=O)cc3n([C@H](c3ccccc3F)C3CCOCC3)c2c1. The van der Waals surface area contributed by atoms with Crippen LogP contribution in [0.4, 0.5) is 4.39 Å². The summed E-state index contributed by atoms with van der Waals surface area (Å²) in [6.45, 7) is -1.54. The Bertz CT molecular complexity index is 1970. The number of pyridine rings is 1. The van der Waals surface area contributed by atoms with Gasteiger partial charge in [0.05, 0.1) is 51.4 Å². The molecule has 0 spiro atoms. The number of hydrogen-bond acceptors (Lipinski definition) is 7. The molecule has 1 saturated heterocycles. The summed E-state index contributed by atoms with van der Waals surface area (Å²) in [5, 5.41) is 8.43. The van der Waals surface area contributed by atoms with Gasteiger partial charge in [0, 0.05) is 48.0 Å². The lowest BCUT2D eigenvalue weighted by molar-refractivity contribution is 0.0548. The minimum atomic E-state index is -3.67. The molecule has 1 aliphatic heterocycles. The fraction of sp³-hybridized carbons (Fsp3) is 0.345. The molecule has 0 radical (unpaired) electrons. The summed E-state index contributed by atoms with van der Waals surface area (Å²) < 4.78 is 80.0. The highest BCUT2D eigenvalue weighted by Crippen LogP contribution is 2.45. The fourth-order valence-corrected chi connectivity index (χ4v) is 6.45. The van der Waals surface area contributed by atoms with E-state index < -0.39 is 28.5 Å². The van der Waals surface area contributed by atoms with E-state index in [-0.39, 0.29) is 22.2 Å². The summed E-state index contributed by atoms with van der Waals surface area (Å²) in [6, 6.07) is 10.8. The Labute approximate surface area is 235 Å². The normalized spacial score (nSPS) is 17.1. The van der Waals surface area contributed by atoms with Crippen molar-refractivity contribution in [2.24, 2.45) is 13.0 Å². The Morgan fingerprint density at radius 3 is 2.65 bits per heavy atom. The maximum Gasteiger partial charge on any atom is 0.175 e. The summed E-state index contributed by atoms with van der Waals surface area (Å²) in [5.74, 6) is -0.172.